The van der Waals surface area contributed by atoms with Crippen LogP contribution in [0.25, 0.3) is 0 Å². The molecule has 1 unspecified atom stereocenters. The van der Waals surface area contributed by atoms with Gasteiger partial charge in [-0.1, -0.05) is 27.7 Å². The largest absolute Gasteiger partial charge is 0.392 e. The molecule has 17 heavy (non-hydrogen) atoms. The van der Waals surface area contributed by atoms with Gasteiger partial charge in [0.2, 0.25) is 0 Å². The van der Waals surface area contributed by atoms with Crippen molar-refractivity contribution in [3.63, 3.8) is 0 Å². The van der Waals surface area contributed by atoms with Crippen molar-refractivity contribution in [3.8, 4) is 0 Å². The Morgan fingerprint density at radius 3 is 2.24 bits per heavy atom. The first-order chi connectivity index (χ1) is 7.93. The predicted molar refractivity (Wildman–Crippen MR) is 74.1 cm³/mol. The Hall–Kier alpha value is -0.0800. The van der Waals surface area contributed by atoms with E-state index in [0.717, 1.165) is 31.3 Å². The Balaban J connectivity index is 2.15. The highest BCUT2D eigenvalue weighted by Crippen LogP contribution is 2.39. The van der Waals surface area contributed by atoms with E-state index in [-0.39, 0.29) is 6.10 Å². The number of hydrogen-bond acceptors (Lipinski definition) is 2. The summed E-state index contributed by atoms with van der Waals surface area (Å²) >= 11 is 0. The molecule has 2 heteroatoms. The van der Waals surface area contributed by atoms with Crippen molar-refractivity contribution in [2.75, 3.05) is 13.1 Å². The van der Waals surface area contributed by atoms with Crippen LogP contribution in [0.4, 0.5) is 0 Å². The van der Waals surface area contributed by atoms with Gasteiger partial charge in [0, 0.05) is 6.54 Å². The summed E-state index contributed by atoms with van der Waals surface area (Å²) in [5.41, 5.74) is 0.483. The zero-order valence-electron chi connectivity index (χ0n) is 12.1. The molecule has 0 aromatic heterocycles. The molecule has 1 atom stereocenters. The second-order valence-electron chi connectivity index (χ2n) is 6.80. The monoisotopic (exact) mass is 241 g/mol. The maximum atomic E-state index is 9.47. The second-order valence-corrected chi connectivity index (χ2v) is 6.80. The van der Waals surface area contributed by atoms with Crippen LogP contribution in [-0.4, -0.2) is 24.3 Å². The summed E-state index contributed by atoms with van der Waals surface area (Å²) in [6, 6.07) is 0. The van der Waals surface area contributed by atoms with Gasteiger partial charge in [0.25, 0.3) is 0 Å². The molecule has 0 spiro atoms. The number of hydrogen-bond donors (Lipinski definition) is 2. The van der Waals surface area contributed by atoms with Crippen molar-refractivity contribution < 1.29 is 5.11 Å². The van der Waals surface area contributed by atoms with E-state index in [9.17, 15) is 5.11 Å². The molecule has 1 aliphatic carbocycles. The fourth-order valence-corrected chi connectivity index (χ4v) is 2.83. The minimum absolute atomic E-state index is 0.166. The molecule has 0 bridgehead atoms. The molecule has 0 amide bonds. The van der Waals surface area contributed by atoms with E-state index < -0.39 is 0 Å². The van der Waals surface area contributed by atoms with E-state index in [4.69, 9.17) is 0 Å². The number of rotatable bonds is 5. The Morgan fingerprint density at radius 2 is 1.76 bits per heavy atom. The number of aliphatic hydroxyl groups is 1. The third-order valence-electron chi connectivity index (χ3n) is 4.36. The van der Waals surface area contributed by atoms with Gasteiger partial charge >= 0.3 is 0 Å². The van der Waals surface area contributed by atoms with Crippen molar-refractivity contribution in [1.82, 2.24) is 5.32 Å². The minimum atomic E-state index is -0.166. The molecule has 1 rings (SSSR count). The summed E-state index contributed by atoms with van der Waals surface area (Å²) in [5, 5.41) is 12.9. The van der Waals surface area contributed by atoms with Crippen LogP contribution in [0.3, 0.4) is 0 Å². The average Bonchev–Trinajstić information content (AvgIpc) is 2.28. The Bertz CT molecular complexity index is 201. The standard InChI is InChI=1S/C15H31NO/c1-5-14(17)11-16-10-12-6-8-13(9-7-12)15(2,3)4/h12-14,16-17H,5-11H2,1-4H3. The van der Waals surface area contributed by atoms with Crippen LogP contribution in [0, 0.1) is 17.3 Å². The van der Waals surface area contributed by atoms with Crippen molar-refractivity contribution in [1.29, 1.82) is 0 Å². The third kappa shape index (κ3) is 5.39. The van der Waals surface area contributed by atoms with Crippen molar-refractivity contribution in [2.24, 2.45) is 17.3 Å². The van der Waals surface area contributed by atoms with Crippen LogP contribution in [0.2, 0.25) is 0 Å². The first-order valence-corrected chi connectivity index (χ1v) is 7.32. The molecular weight excluding hydrogens is 210 g/mol. The summed E-state index contributed by atoms with van der Waals surface area (Å²) in [4.78, 5) is 0. The number of aliphatic hydroxyl groups excluding tert-OH is 1. The summed E-state index contributed by atoms with van der Waals surface area (Å²) in [7, 11) is 0. The molecule has 0 aromatic rings. The summed E-state index contributed by atoms with van der Waals surface area (Å²) in [5.74, 6) is 1.73. The van der Waals surface area contributed by atoms with Crippen molar-refractivity contribution in [3.05, 3.63) is 0 Å². The molecular formula is C15H31NO. The molecule has 0 radical (unpaired) electrons. The fourth-order valence-electron chi connectivity index (χ4n) is 2.83. The average molecular weight is 241 g/mol. The molecule has 1 fully saturated rings. The van der Waals surface area contributed by atoms with Gasteiger partial charge in [0.1, 0.15) is 0 Å². The molecule has 0 heterocycles. The Labute approximate surface area is 107 Å². The first-order valence-electron chi connectivity index (χ1n) is 7.32. The summed E-state index contributed by atoms with van der Waals surface area (Å²) in [6.45, 7) is 11.0. The maximum Gasteiger partial charge on any atom is 0.0662 e. The number of nitrogens with one attached hydrogen (secondary N) is 1. The first kappa shape index (κ1) is 15.0. The highest BCUT2D eigenvalue weighted by molar-refractivity contribution is 4.81. The van der Waals surface area contributed by atoms with Gasteiger partial charge in [-0.2, -0.15) is 0 Å². The molecule has 2 nitrogen and oxygen atoms in total. The highest BCUT2D eigenvalue weighted by Gasteiger charge is 2.29. The zero-order valence-corrected chi connectivity index (χ0v) is 12.1. The van der Waals surface area contributed by atoms with E-state index in [1.54, 1.807) is 0 Å². The lowest BCUT2D eigenvalue weighted by Gasteiger charge is -2.37. The van der Waals surface area contributed by atoms with E-state index in [1.807, 2.05) is 6.92 Å². The van der Waals surface area contributed by atoms with E-state index in [0.29, 0.717) is 5.41 Å². The normalized spacial score (nSPS) is 28.1. The molecule has 2 N–H and O–H groups in total. The van der Waals surface area contributed by atoms with E-state index in [2.05, 4.69) is 26.1 Å². The molecule has 0 saturated heterocycles. The van der Waals surface area contributed by atoms with Crippen molar-refractivity contribution in [2.45, 2.75) is 65.9 Å². The maximum absolute atomic E-state index is 9.47. The van der Waals surface area contributed by atoms with Gasteiger partial charge in [-0.15, -0.1) is 0 Å². The minimum Gasteiger partial charge on any atom is -0.392 e. The summed E-state index contributed by atoms with van der Waals surface area (Å²) in [6.07, 6.45) is 6.16. The van der Waals surface area contributed by atoms with Crippen LogP contribution < -0.4 is 5.32 Å². The lowest BCUT2D eigenvalue weighted by Crippen LogP contribution is -2.33. The quantitative estimate of drug-likeness (QED) is 0.775. The lowest BCUT2D eigenvalue weighted by molar-refractivity contribution is 0.140. The van der Waals surface area contributed by atoms with Crippen LogP contribution >= 0.6 is 0 Å². The Morgan fingerprint density at radius 1 is 1.18 bits per heavy atom. The predicted octanol–water partition coefficient (Wildman–Crippen LogP) is 3.20. The van der Waals surface area contributed by atoms with Gasteiger partial charge in [0.15, 0.2) is 0 Å². The lowest BCUT2D eigenvalue weighted by atomic mass is 9.70. The molecule has 0 aliphatic heterocycles. The molecule has 1 saturated carbocycles. The second kappa shape index (κ2) is 6.75. The van der Waals surface area contributed by atoms with Gasteiger partial charge in [-0.3, -0.25) is 0 Å². The van der Waals surface area contributed by atoms with Gasteiger partial charge in [-0.25, -0.2) is 0 Å². The highest BCUT2D eigenvalue weighted by atomic mass is 16.3. The SMILES string of the molecule is CCC(O)CNCC1CCC(C(C)(C)C)CC1. The molecule has 102 valence electrons. The van der Waals surface area contributed by atoms with E-state index in [1.165, 1.54) is 25.7 Å². The smallest absolute Gasteiger partial charge is 0.0662 e. The van der Waals surface area contributed by atoms with Gasteiger partial charge in [-0.05, 0) is 55.9 Å². The van der Waals surface area contributed by atoms with Crippen LogP contribution in [0.5, 0.6) is 0 Å². The van der Waals surface area contributed by atoms with Crippen LogP contribution in [0.15, 0.2) is 0 Å². The summed E-state index contributed by atoms with van der Waals surface area (Å²) < 4.78 is 0. The fraction of sp³-hybridized carbons (Fsp3) is 1.00. The molecule has 0 aromatic carbocycles. The third-order valence-corrected chi connectivity index (χ3v) is 4.36. The van der Waals surface area contributed by atoms with Crippen LogP contribution in [0.1, 0.15) is 59.8 Å². The van der Waals surface area contributed by atoms with Gasteiger partial charge < -0.3 is 10.4 Å². The zero-order chi connectivity index (χ0) is 12.9. The van der Waals surface area contributed by atoms with Crippen molar-refractivity contribution >= 4 is 0 Å². The van der Waals surface area contributed by atoms with Gasteiger partial charge in [0.05, 0.1) is 6.10 Å². The van der Waals surface area contributed by atoms with Crippen LogP contribution in [-0.2, 0) is 0 Å². The molecule has 1 aliphatic rings. The Kier molecular flexibility index (Phi) is 5.94. The topological polar surface area (TPSA) is 32.3 Å². The van der Waals surface area contributed by atoms with E-state index >= 15 is 0 Å².